The highest BCUT2D eigenvalue weighted by Gasteiger charge is 2.39. The zero-order chi connectivity index (χ0) is 22.4. The maximum Gasteiger partial charge on any atom is 0.259 e. The second kappa shape index (κ2) is 7.85. The van der Waals surface area contributed by atoms with Gasteiger partial charge in [-0.2, -0.15) is 5.10 Å². The second-order valence-corrected chi connectivity index (χ2v) is 8.67. The summed E-state index contributed by atoms with van der Waals surface area (Å²) < 4.78 is 1.73. The zero-order valence-electron chi connectivity index (χ0n) is 18.0. The number of nitrogens with zero attached hydrogens (tertiary/aromatic N) is 4. The van der Waals surface area contributed by atoms with Gasteiger partial charge in [0.2, 0.25) is 5.91 Å². The monoisotopic (exact) mass is 437 g/mol. The number of amides is 2. The maximum absolute atomic E-state index is 13.4. The number of carbonyl (C=O) groups is 2. The average molecular weight is 438 g/mol. The van der Waals surface area contributed by atoms with Gasteiger partial charge in [0.25, 0.3) is 5.91 Å². The number of fused-ring (bicyclic) bond motifs is 2. The normalized spacial score (nSPS) is 18.4. The second-order valence-electron chi connectivity index (χ2n) is 8.67. The number of piperidine rings is 1. The molecule has 33 heavy (non-hydrogen) atoms. The van der Waals surface area contributed by atoms with Gasteiger partial charge in [-0.25, -0.2) is 9.50 Å². The van der Waals surface area contributed by atoms with Crippen LogP contribution in [-0.2, 0) is 4.79 Å². The zero-order valence-corrected chi connectivity index (χ0v) is 18.0. The highest BCUT2D eigenvalue weighted by molar-refractivity contribution is 6.03. The first-order valence-corrected chi connectivity index (χ1v) is 11.3. The van der Waals surface area contributed by atoms with Crippen molar-refractivity contribution in [1.82, 2.24) is 19.5 Å². The third kappa shape index (κ3) is 3.28. The van der Waals surface area contributed by atoms with E-state index in [4.69, 9.17) is 0 Å². The Labute approximate surface area is 191 Å². The van der Waals surface area contributed by atoms with Crippen molar-refractivity contribution in [3.05, 3.63) is 84.2 Å². The lowest BCUT2D eigenvalue weighted by Crippen LogP contribution is -2.40. The van der Waals surface area contributed by atoms with E-state index in [9.17, 15) is 9.59 Å². The van der Waals surface area contributed by atoms with Crippen molar-refractivity contribution in [3.8, 4) is 11.3 Å². The largest absolute Gasteiger partial charge is 0.338 e. The van der Waals surface area contributed by atoms with Gasteiger partial charge in [-0.3, -0.25) is 9.59 Å². The quantitative estimate of drug-likeness (QED) is 0.526. The summed E-state index contributed by atoms with van der Waals surface area (Å²) >= 11 is 0. The first-order chi connectivity index (χ1) is 16.2. The number of para-hydroxylation sites is 1. The lowest BCUT2D eigenvalue weighted by molar-refractivity contribution is -0.118. The summed E-state index contributed by atoms with van der Waals surface area (Å²) in [5.41, 5.74) is 4.97. The van der Waals surface area contributed by atoms with Gasteiger partial charge < -0.3 is 10.2 Å². The van der Waals surface area contributed by atoms with Gasteiger partial charge in [-0.1, -0.05) is 48.5 Å². The van der Waals surface area contributed by atoms with E-state index in [1.807, 2.05) is 65.6 Å². The van der Waals surface area contributed by atoms with Crippen molar-refractivity contribution in [1.29, 1.82) is 0 Å². The van der Waals surface area contributed by atoms with Crippen LogP contribution in [-0.4, -0.2) is 44.4 Å². The Morgan fingerprint density at radius 2 is 1.73 bits per heavy atom. The Kier molecular flexibility index (Phi) is 4.68. The van der Waals surface area contributed by atoms with Crippen molar-refractivity contribution in [2.45, 2.75) is 18.8 Å². The molecule has 2 amide bonds. The van der Waals surface area contributed by atoms with E-state index in [1.54, 1.807) is 16.9 Å². The molecule has 2 aliphatic heterocycles. The molecule has 2 aliphatic rings. The summed E-state index contributed by atoms with van der Waals surface area (Å²) in [6, 6.07) is 19.8. The van der Waals surface area contributed by atoms with Crippen LogP contribution in [0.4, 0.5) is 5.69 Å². The molecule has 0 saturated carbocycles. The predicted molar refractivity (Wildman–Crippen MR) is 125 cm³/mol. The highest BCUT2D eigenvalue weighted by Crippen LogP contribution is 2.41. The number of carbonyl (C=O) groups excluding carboxylic acids is 2. The van der Waals surface area contributed by atoms with Crippen LogP contribution in [0, 0.1) is 5.92 Å². The molecule has 1 fully saturated rings. The number of hydrogen-bond donors (Lipinski definition) is 1. The summed E-state index contributed by atoms with van der Waals surface area (Å²) in [6.45, 7) is 1.23. The lowest BCUT2D eigenvalue weighted by Gasteiger charge is -2.34. The van der Waals surface area contributed by atoms with Crippen LogP contribution in [0.2, 0.25) is 0 Å². The summed E-state index contributed by atoms with van der Waals surface area (Å²) in [5.74, 6) is 0.105. The molecule has 1 saturated heterocycles. The number of aromatic nitrogens is 3. The van der Waals surface area contributed by atoms with Crippen LogP contribution in [0.25, 0.3) is 16.9 Å². The van der Waals surface area contributed by atoms with Gasteiger partial charge in [0.05, 0.1) is 17.8 Å². The van der Waals surface area contributed by atoms with E-state index < -0.39 is 0 Å². The Morgan fingerprint density at radius 3 is 2.55 bits per heavy atom. The van der Waals surface area contributed by atoms with Crippen LogP contribution >= 0.6 is 0 Å². The molecule has 0 radical (unpaired) electrons. The molecule has 0 aliphatic carbocycles. The fourth-order valence-corrected chi connectivity index (χ4v) is 5.18. The fourth-order valence-electron chi connectivity index (χ4n) is 5.18. The molecule has 1 unspecified atom stereocenters. The van der Waals surface area contributed by atoms with Crippen LogP contribution in [0.3, 0.4) is 0 Å². The van der Waals surface area contributed by atoms with Gasteiger partial charge >= 0.3 is 0 Å². The molecule has 4 aromatic rings. The minimum Gasteiger partial charge on any atom is -0.338 e. The molecule has 1 N–H and O–H groups in total. The predicted octanol–water partition coefficient (Wildman–Crippen LogP) is 3.98. The summed E-state index contributed by atoms with van der Waals surface area (Å²) in [5, 5.41) is 7.48. The molecule has 4 heterocycles. The summed E-state index contributed by atoms with van der Waals surface area (Å²) in [7, 11) is 0. The van der Waals surface area contributed by atoms with Crippen LogP contribution in [0.5, 0.6) is 0 Å². The van der Waals surface area contributed by atoms with Crippen molar-refractivity contribution in [2.75, 3.05) is 18.4 Å². The SMILES string of the molecule is O=C1Nc2ccccc2C1C1CCN(C(=O)c2cnn3c(-c4ccccc4)ccnc23)CC1. The average Bonchev–Trinajstić information content (AvgIpc) is 3.44. The van der Waals surface area contributed by atoms with Crippen molar-refractivity contribution in [3.63, 3.8) is 0 Å². The van der Waals surface area contributed by atoms with Crippen molar-refractivity contribution < 1.29 is 9.59 Å². The van der Waals surface area contributed by atoms with Gasteiger partial charge in [-0.15, -0.1) is 0 Å². The molecule has 7 heteroatoms. The van der Waals surface area contributed by atoms with Gasteiger partial charge in [0.15, 0.2) is 5.65 Å². The molecule has 0 spiro atoms. The molecule has 164 valence electrons. The van der Waals surface area contributed by atoms with Gasteiger partial charge in [0.1, 0.15) is 5.56 Å². The first-order valence-electron chi connectivity index (χ1n) is 11.3. The Bertz CT molecular complexity index is 1360. The number of benzene rings is 2. The summed E-state index contributed by atoms with van der Waals surface area (Å²) in [4.78, 5) is 32.3. The van der Waals surface area contributed by atoms with E-state index in [0.717, 1.165) is 35.3 Å². The number of nitrogens with one attached hydrogen (secondary N) is 1. The van der Waals surface area contributed by atoms with E-state index >= 15 is 0 Å². The topological polar surface area (TPSA) is 79.6 Å². The van der Waals surface area contributed by atoms with Crippen LogP contribution in [0.15, 0.2) is 73.1 Å². The molecular weight excluding hydrogens is 414 g/mol. The van der Waals surface area contributed by atoms with Gasteiger partial charge in [0, 0.05) is 30.5 Å². The van der Waals surface area contributed by atoms with Gasteiger partial charge in [-0.05, 0) is 36.5 Å². The molecule has 7 nitrogen and oxygen atoms in total. The van der Waals surface area contributed by atoms with E-state index in [0.29, 0.717) is 24.3 Å². The minimum atomic E-state index is -0.134. The number of rotatable bonds is 3. The Hall–Kier alpha value is -4.00. The Balaban J connectivity index is 1.22. The molecule has 0 bridgehead atoms. The molecule has 6 rings (SSSR count). The molecule has 2 aromatic heterocycles. The standard InChI is InChI=1S/C26H23N5O2/c32-25-23(19-8-4-5-9-21(19)29-25)18-11-14-30(15-12-18)26(33)20-16-28-31-22(10-13-27-24(20)31)17-6-2-1-3-7-17/h1-10,13,16,18,23H,11-12,14-15H2,(H,29,32). The smallest absolute Gasteiger partial charge is 0.259 e. The minimum absolute atomic E-state index is 0.0579. The van der Waals surface area contributed by atoms with Crippen molar-refractivity contribution >= 4 is 23.1 Å². The van der Waals surface area contributed by atoms with Crippen molar-refractivity contribution in [2.24, 2.45) is 5.92 Å². The van der Waals surface area contributed by atoms with E-state index in [2.05, 4.69) is 15.4 Å². The number of hydrogen-bond acceptors (Lipinski definition) is 4. The number of likely N-dealkylation sites (tertiary alicyclic amines) is 1. The summed E-state index contributed by atoms with van der Waals surface area (Å²) in [6.07, 6.45) is 4.92. The molecule has 2 aromatic carbocycles. The molecular formula is C26H23N5O2. The van der Waals surface area contributed by atoms with Crippen LogP contribution in [0.1, 0.15) is 34.7 Å². The first kappa shape index (κ1) is 19.7. The lowest BCUT2D eigenvalue weighted by atomic mass is 9.80. The third-order valence-corrected chi connectivity index (χ3v) is 6.84. The fraction of sp³-hybridized carbons (Fsp3) is 0.231. The van der Waals surface area contributed by atoms with Crippen LogP contribution < -0.4 is 5.32 Å². The van der Waals surface area contributed by atoms with E-state index in [1.165, 1.54) is 0 Å². The maximum atomic E-state index is 13.4. The van der Waals surface area contributed by atoms with E-state index in [-0.39, 0.29) is 23.7 Å². The third-order valence-electron chi connectivity index (χ3n) is 6.84. The Morgan fingerprint density at radius 1 is 0.970 bits per heavy atom. The molecule has 1 atom stereocenters. The number of anilines is 1. The highest BCUT2D eigenvalue weighted by atomic mass is 16.2.